The normalized spacial score (nSPS) is 14.8. The molecule has 0 unspecified atom stereocenters. The third-order valence-corrected chi connectivity index (χ3v) is 4.78. The SMILES string of the molecule is COc1ccc(OC)c(NC(=O)c2ccc(N3CCC(C)CC3)cn2)c1. The lowest BCUT2D eigenvalue weighted by atomic mass is 9.99. The van der Waals surface area contributed by atoms with Gasteiger partial charge in [0, 0.05) is 19.2 Å². The van der Waals surface area contributed by atoms with Gasteiger partial charge in [0.05, 0.1) is 31.8 Å². The van der Waals surface area contributed by atoms with Crippen LogP contribution in [-0.2, 0) is 0 Å². The first-order valence-corrected chi connectivity index (χ1v) is 8.85. The van der Waals surface area contributed by atoms with Crippen LogP contribution < -0.4 is 19.7 Å². The lowest BCUT2D eigenvalue weighted by Crippen LogP contribution is -2.32. The van der Waals surface area contributed by atoms with Gasteiger partial charge in [-0.25, -0.2) is 4.98 Å². The van der Waals surface area contributed by atoms with Crippen molar-refractivity contribution in [3.8, 4) is 11.5 Å². The zero-order valence-electron chi connectivity index (χ0n) is 15.5. The number of methoxy groups -OCH3 is 2. The minimum absolute atomic E-state index is 0.282. The van der Waals surface area contributed by atoms with Gasteiger partial charge >= 0.3 is 0 Å². The second-order valence-electron chi connectivity index (χ2n) is 6.59. The van der Waals surface area contributed by atoms with Gasteiger partial charge in [0.2, 0.25) is 0 Å². The third kappa shape index (κ3) is 4.07. The Morgan fingerprint density at radius 3 is 2.54 bits per heavy atom. The molecule has 3 rings (SSSR count). The summed E-state index contributed by atoms with van der Waals surface area (Å²) >= 11 is 0. The molecule has 6 nitrogen and oxygen atoms in total. The van der Waals surface area contributed by atoms with Gasteiger partial charge < -0.3 is 19.7 Å². The lowest BCUT2D eigenvalue weighted by molar-refractivity contribution is 0.102. The largest absolute Gasteiger partial charge is 0.497 e. The maximum absolute atomic E-state index is 12.5. The van der Waals surface area contributed by atoms with Crippen molar-refractivity contribution in [1.82, 2.24) is 4.98 Å². The topological polar surface area (TPSA) is 63.7 Å². The summed E-state index contributed by atoms with van der Waals surface area (Å²) in [7, 11) is 3.14. The van der Waals surface area contributed by atoms with E-state index in [0.717, 1.165) is 24.7 Å². The van der Waals surface area contributed by atoms with E-state index in [0.29, 0.717) is 22.9 Å². The summed E-state index contributed by atoms with van der Waals surface area (Å²) in [6.45, 7) is 4.36. The van der Waals surface area contributed by atoms with E-state index in [-0.39, 0.29) is 5.91 Å². The fourth-order valence-electron chi connectivity index (χ4n) is 3.07. The van der Waals surface area contributed by atoms with Gasteiger partial charge in [-0.15, -0.1) is 0 Å². The molecule has 0 bridgehead atoms. The number of hydrogen-bond acceptors (Lipinski definition) is 5. The van der Waals surface area contributed by atoms with Crippen LogP contribution in [0.3, 0.4) is 0 Å². The van der Waals surface area contributed by atoms with E-state index in [9.17, 15) is 4.79 Å². The predicted octanol–water partition coefficient (Wildman–Crippen LogP) is 3.59. The van der Waals surface area contributed by atoms with E-state index in [1.54, 1.807) is 44.7 Å². The fraction of sp³-hybridized carbons (Fsp3) is 0.400. The first kappa shape index (κ1) is 18.0. The molecule has 1 aliphatic heterocycles. The molecule has 1 amide bonds. The molecule has 26 heavy (non-hydrogen) atoms. The minimum atomic E-state index is -0.282. The van der Waals surface area contributed by atoms with Crippen LogP contribution in [0.25, 0.3) is 0 Å². The Morgan fingerprint density at radius 2 is 1.92 bits per heavy atom. The third-order valence-electron chi connectivity index (χ3n) is 4.78. The van der Waals surface area contributed by atoms with E-state index < -0.39 is 0 Å². The van der Waals surface area contributed by atoms with Crippen molar-refractivity contribution in [3.63, 3.8) is 0 Å². The van der Waals surface area contributed by atoms with E-state index in [2.05, 4.69) is 22.1 Å². The van der Waals surface area contributed by atoms with Gasteiger partial charge in [0.15, 0.2) is 0 Å². The van der Waals surface area contributed by atoms with Crippen molar-refractivity contribution in [1.29, 1.82) is 0 Å². The first-order chi connectivity index (χ1) is 12.6. The van der Waals surface area contributed by atoms with Gasteiger partial charge in [0.25, 0.3) is 5.91 Å². The van der Waals surface area contributed by atoms with Crippen molar-refractivity contribution in [2.75, 3.05) is 37.5 Å². The van der Waals surface area contributed by atoms with Gasteiger partial charge in [-0.2, -0.15) is 0 Å². The molecule has 1 fully saturated rings. The molecular formula is C20H25N3O3. The summed E-state index contributed by atoms with van der Waals surface area (Å²) < 4.78 is 10.5. The van der Waals surface area contributed by atoms with Gasteiger partial charge in [-0.05, 0) is 43.0 Å². The molecule has 0 radical (unpaired) electrons. The molecule has 2 heterocycles. The highest BCUT2D eigenvalue weighted by molar-refractivity contribution is 6.03. The van der Waals surface area contributed by atoms with E-state index >= 15 is 0 Å². The van der Waals surface area contributed by atoms with Crippen molar-refractivity contribution in [2.24, 2.45) is 5.92 Å². The molecular weight excluding hydrogens is 330 g/mol. The van der Waals surface area contributed by atoms with Crippen molar-refractivity contribution in [2.45, 2.75) is 19.8 Å². The van der Waals surface area contributed by atoms with Gasteiger partial charge in [-0.3, -0.25) is 4.79 Å². The molecule has 0 aliphatic carbocycles. The van der Waals surface area contributed by atoms with Crippen LogP contribution in [0.15, 0.2) is 36.5 Å². The molecule has 0 atom stereocenters. The van der Waals surface area contributed by atoms with Crippen molar-refractivity contribution in [3.05, 3.63) is 42.2 Å². The Bertz CT molecular complexity index is 753. The Kier molecular flexibility index (Phi) is 5.61. The van der Waals surface area contributed by atoms with Crippen LogP contribution in [0.5, 0.6) is 11.5 Å². The number of hydrogen-bond donors (Lipinski definition) is 1. The molecule has 6 heteroatoms. The molecule has 1 aromatic heterocycles. The highest BCUT2D eigenvalue weighted by Crippen LogP contribution is 2.29. The maximum atomic E-state index is 12.5. The lowest BCUT2D eigenvalue weighted by Gasteiger charge is -2.31. The summed E-state index contributed by atoms with van der Waals surface area (Å²) in [6.07, 6.45) is 4.16. The molecule has 1 N–H and O–H groups in total. The molecule has 1 aliphatic rings. The number of nitrogens with zero attached hydrogens (tertiary/aromatic N) is 2. The van der Waals surface area contributed by atoms with Crippen molar-refractivity contribution >= 4 is 17.3 Å². The number of piperidine rings is 1. The number of anilines is 2. The smallest absolute Gasteiger partial charge is 0.274 e. The number of aromatic nitrogens is 1. The number of rotatable bonds is 5. The summed E-state index contributed by atoms with van der Waals surface area (Å²) in [5.74, 6) is 1.71. The summed E-state index contributed by atoms with van der Waals surface area (Å²) in [5.41, 5.74) is 1.98. The molecule has 1 saturated heterocycles. The molecule has 1 aromatic carbocycles. The summed E-state index contributed by atoms with van der Waals surface area (Å²) in [6, 6.07) is 8.97. The van der Waals surface area contributed by atoms with Gasteiger partial charge in [-0.1, -0.05) is 6.92 Å². The number of carbonyl (C=O) groups excluding carboxylic acids is 1. The van der Waals surface area contributed by atoms with E-state index in [1.807, 2.05) is 6.07 Å². The van der Waals surface area contributed by atoms with Crippen LogP contribution in [0.2, 0.25) is 0 Å². The zero-order valence-corrected chi connectivity index (χ0v) is 15.5. The molecule has 138 valence electrons. The zero-order chi connectivity index (χ0) is 18.5. The first-order valence-electron chi connectivity index (χ1n) is 8.85. The Balaban J connectivity index is 1.70. The highest BCUT2D eigenvalue weighted by Gasteiger charge is 2.17. The number of carbonyl (C=O) groups is 1. The van der Waals surface area contributed by atoms with Gasteiger partial charge in [0.1, 0.15) is 17.2 Å². The van der Waals surface area contributed by atoms with Crippen molar-refractivity contribution < 1.29 is 14.3 Å². The average Bonchev–Trinajstić information content (AvgIpc) is 2.68. The standard InChI is InChI=1S/C20H25N3O3/c1-14-8-10-23(11-9-14)15-4-6-17(21-13-15)20(24)22-18-12-16(25-2)5-7-19(18)26-3/h4-7,12-14H,8-11H2,1-3H3,(H,22,24). The quantitative estimate of drug-likeness (QED) is 0.888. The number of amides is 1. The van der Waals surface area contributed by atoms with Crippen LogP contribution in [0.1, 0.15) is 30.3 Å². The number of ether oxygens (including phenoxy) is 2. The van der Waals surface area contributed by atoms with Crippen LogP contribution in [0.4, 0.5) is 11.4 Å². The second-order valence-corrected chi connectivity index (χ2v) is 6.59. The van der Waals surface area contributed by atoms with E-state index in [4.69, 9.17) is 9.47 Å². The van der Waals surface area contributed by atoms with Crippen LogP contribution in [-0.4, -0.2) is 38.2 Å². The maximum Gasteiger partial charge on any atom is 0.274 e. The second kappa shape index (κ2) is 8.08. The molecule has 0 saturated carbocycles. The average molecular weight is 355 g/mol. The number of nitrogens with one attached hydrogen (secondary N) is 1. The number of benzene rings is 1. The van der Waals surface area contributed by atoms with Crippen LogP contribution in [0, 0.1) is 5.92 Å². The minimum Gasteiger partial charge on any atom is -0.497 e. The fourth-order valence-corrected chi connectivity index (χ4v) is 3.07. The number of pyridine rings is 1. The highest BCUT2D eigenvalue weighted by atomic mass is 16.5. The molecule has 2 aromatic rings. The van der Waals surface area contributed by atoms with Crippen LogP contribution >= 0.6 is 0 Å². The predicted molar refractivity (Wildman–Crippen MR) is 102 cm³/mol. The molecule has 0 spiro atoms. The van der Waals surface area contributed by atoms with E-state index in [1.165, 1.54) is 12.8 Å². The monoisotopic (exact) mass is 355 g/mol. The summed E-state index contributed by atoms with van der Waals surface area (Å²) in [4.78, 5) is 19.2. The Hall–Kier alpha value is -2.76. The summed E-state index contributed by atoms with van der Waals surface area (Å²) in [5, 5.41) is 2.84. The Labute approximate surface area is 154 Å². The Morgan fingerprint density at radius 1 is 1.15 bits per heavy atom.